The van der Waals surface area contributed by atoms with Crippen LogP contribution in [0.1, 0.15) is 22.3 Å². The summed E-state index contributed by atoms with van der Waals surface area (Å²) in [7, 11) is 0. The lowest BCUT2D eigenvalue weighted by atomic mass is 10.1. The summed E-state index contributed by atoms with van der Waals surface area (Å²) in [4.78, 5) is 56.4. The number of carbonyl (C=O) groups is 4. The monoisotopic (exact) mass is 826 g/mol. The number of hydrogen-bond donors (Lipinski definition) is 4. The minimum atomic E-state index is -1.06. The van der Waals surface area contributed by atoms with Crippen LogP contribution in [-0.2, 0) is 44.9 Å². The first-order valence-corrected chi connectivity index (χ1v) is 21.0. The van der Waals surface area contributed by atoms with E-state index in [4.69, 9.17) is 0 Å². The molecule has 0 aliphatic heterocycles. The van der Waals surface area contributed by atoms with Crippen molar-refractivity contribution in [3.8, 4) is 58.5 Å². The van der Waals surface area contributed by atoms with Gasteiger partial charge in [0.25, 0.3) is 0 Å². The third-order valence-electron chi connectivity index (χ3n) is 7.71. The summed E-state index contributed by atoms with van der Waals surface area (Å²) in [5.74, 6) is -3.90. The molecule has 52 heavy (non-hydrogen) atoms. The molecule has 7 aromatic rings. The highest BCUT2D eigenvalue weighted by molar-refractivity contribution is 7.31. The molecule has 264 valence electrons. The van der Waals surface area contributed by atoms with E-state index in [0.717, 1.165) is 65.7 Å². The molecule has 0 bridgehead atoms. The summed E-state index contributed by atoms with van der Waals surface area (Å²) in [6, 6.07) is 18.3. The van der Waals surface area contributed by atoms with Gasteiger partial charge in [0.2, 0.25) is 0 Å². The maximum atomic E-state index is 14.2. The first-order valence-electron chi connectivity index (χ1n) is 15.2. The van der Waals surface area contributed by atoms with E-state index in [0.29, 0.717) is 26.4 Å². The van der Waals surface area contributed by atoms with E-state index >= 15 is 0 Å². The van der Waals surface area contributed by atoms with Gasteiger partial charge in [-0.3, -0.25) is 19.2 Å². The fourth-order valence-corrected chi connectivity index (χ4v) is 13.6. The predicted octanol–water partition coefficient (Wildman–Crippen LogP) is 10.8. The number of carboxylic acids is 4. The van der Waals surface area contributed by atoms with Crippen LogP contribution in [0.2, 0.25) is 0 Å². The van der Waals surface area contributed by atoms with Crippen LogP contribution >= 0.6 is 79.4 Å². The Balaban J connectivity index is 1.20. The third-order valence-corrected chi connectivity index (χ3v) is 16.4. The predicted molar refractivity (Wildman–Crippen MR) is 210 cm³/mol. The van der Waals surface area contributed by atoms with Crippen molar-refractivity contribution in [2.75, 3.05) is 0 Å². The lowest BCUT2D eigenvalue weighted by Gasteiger charge is -1.99. The SMILES string of the molecule is O=C(O)Cc1ccsc1-c1ccc(-c2sc(-c3ccc(-c4cc(CC(=O)O)c(-c5ccc(-c6sc(F)cc6CC(=O)O)s5)s4)s3)cc2CC(=O)O)s1. The highest BCUT2D eigenvalue weighted by atomic mass is 32.1. The lowest BCUT2D eigenvalue weighted by molar-refractivity contribution is -0.137. The molecule has 8 nitrogen and oxygen atoms in total. The number of aliphatic carboxylic acids is 4. The van der Waals surface area contributed by atoms with Gasteiger partial charge in [0, 0.05) is 53.6 Å². The molecular formula is C36H23FO8S7. The highest BCUT2D eigenvalue weighted by Crippen LogP contribution is 2.49. The zero-order valence-electron chi connectivity index (χ0n) is 26.3. The van der Waals surface area contributed by atoms with Gasteiger partial charge in [-0.2, -0.15) is 4.39 Å². The summed E-state index contributed by atoms with van der Waals surface area (Å²) < 4.78 is 14.2. The molecule has 0 saturated carbocycles. The molecule has 0 fully saturated rings. The Hall–Kier alpha value is -4.29. The number of carboxylic acid groups (broad SMARTS) is 4. The Labute approximate surface area is 322 Å². The maximum absolute atomic E-state index is 14.2. The highest BCUT2D eigenvalue weighted by Gasteiger charge is 2.23. The zero-order chi connectivity index (χ0) is 36.7. The van der Waals surface area contributed by atoms with Crippen molar-refractivity contribution in [2.45, 2.75) is 25.7 Å². The molecule has 0 unspecified atom stereocenters. The third kappa shape index (κ3) is 7.73. The summed E-state index contributed by atoms with van der Waals surface area (Å²) >= 11 is 9.67. The molecule has 0 aliphatic rings. The van der Waals surface area contributed by atoms with Gasteiger partial charge in [0.1, 0.15) is 0 Å². The molecule has 0 saturated heterocycles. The Bertz CT molecular complexity index is 2480. The second-order valence-electron chi connectivity index (χ2n) is 11.4. The normalized spacial score (nSPS) is 11.3. The smallest absolute Gasteiger partial charge is 0.307 e. The topological polar surface area (TPSA) is 149 Å². The average Bonchev–Trinajstić information content (AvgIpc) is 3.89. The van der Waals surface area contributed by atoms with Crippen molar-refractivity contribution >= 4 is 103 Å². The van der Waals surface area contributed by atoms with Gasteiger partial charge in [0.05, 0.1) is 30.6 Å². The second kappa shape index (κ2) is 15.0. The molecule has 16 heteroatoms. The summed E-state index contributed by atoms with van der Waals surface area (Å²) in [5, 5.41) is 39.5. The van der Waals surface area contributed by atoms with Crippen molar-refractivity contribution in [3.63, 3.8) is 0 Å². The van der Waals surface area contributed by atoms with Crippen molar-refractivity contribution in [1.29, 1.82) is 0 Å². The molecule has 0 atom stereocenters. The van der Waals surface area contributed by atoms with Gasteiger partial charge in [0.15, 0.2) is 5.13 Å². The van der Waals surface area contributed by atoms with E-state index < -0.39 is 29.0 Å². The molecule has 4 N–H and O–H groups in total. The molecule has 0 spiro atoms. The van der Waals surface area contributed by atoms with E-state index in [2.05, 4.69) is 0 Å². The molecular weight excluding hydrogens is 804 g/mol. The Morgan fingerprint density at radius 2 is 0.788 bits per heavy atom. The number of rotatable bonds is 14. The largest absolute Gasteiger partial charge is 0.481 e. The minimum absolute atomic E-state index is 0.0795. The van der Waals surface area contributed by atoms with Crippen LogP contribution in [0, 0.1) is 5.13 Å². The van der Waals surface area contributed by atoms with Crippen LogP contribution in [0.3, 0.4) is 0 Å². The van der Waals surface area contributed by atoms with E-state index in [1.165, 1.54) is 74.1 Å². The van der Waals surface area contributed by atoms with Gasteiger partial charge in [-0.15, -0.1) is 79.4 Å². The Kier molecular flexibility index (Phi) is 10.4. The Morgan fingerprint density at radius 3 is 1.25 bits per heavy atom. The summed E-state index contributed by atoms with van der Waals surface area (Å²) in [5.41, 5.74) is 2.44. The van der Waals surface area contributed by atoms with Crippen LogP contribution in [0.25, 0.3) is 58.5 Å². The molecule has 0 aliphatic carbocycles. The average molecular weight is 827 g/mol. The lowest BCUT2D eigenvalue weighted by Crippen LogP contribution is -1.99. The first-order chi connectivity index (χ1) is 24.9. The summed E-state index contributed by atoms with van der Waals surface area (Å²) in [6.45, 7) is 0. The molecule has 0 radical (unpaired) electrons. The molecule has 7 heterocycles. The molecule has 7 aromatic heterocycles. The van der Waals surface area contributed by atoms with Crippen LogP contribution in [-0.4, -0.2) is 44.3 Å². The van der Waals surface area contributed by atoms with Crippen LogP contribution < -0.4 is 0 Å². The summed E-state index contributed by atoms with van der Waals surface area (Å²) in [6.07, 6.45) is -0.746. The molecule has 0 amide bonds. The van der Waals surface area contributed by atoms with Gasteiger partial charge in [-0.05, 0) is 88.3 Å². The van der Waals surface area contributed by atoms with E-state index in [1.54, 1.807) is 6.07 Å². The van der Waals surface area contributed by atoms with Gasteiger partial charge in [-0.1, -0.05) is 0 Å². The number of halogens is 1. The van der Waals surface area contributed by atoms with Gasteiger partial charge in [-0.25, -0.2) is 0 Å². The van der Waals surface area contributed by atoms with Crippen LogP contribution in [0.4, 0.5) is 4.39 Å². The standard InChI is InChI=1S/C36H23FO8S7/c37-28-11-19(15-32(44)45)36(52-28)25-6-5-24(49-25)35-18(14-31(42)43)10-27(51-35)21-2-1-20(47-21)26-9-17(13-30(40)41)34(50-26)23-4-3-22(48-23)33-16(7-8-46-33)12-29(38)39/h1-11H,12-15H2,(H,38,39)(H,40,41)(H,42,43)(H,44,45). The maximum Gasteiger partial charge on any atom is 0.307 e. The van der Waals surface area contributed by atoms with Gasteiger partial charge < -0.3 is 20.4 Å². The minimum Gasteiger partial charge on any atom is -0.481 e. The van der Waals surface area contributed by atoms with Crippen LogP contribution in [0.15, 0.2) is 66.0 Å². The van der Waals surface area contributed by atoms with Crippen molar-refractivity contribution < 1.29 is 44.0 Å². The fourth-order valence-electron chi connectivity index (χ4n) is 5.62. The van der Waals surface area contributed by atoms with Crippen molar-refractivity contribution in [1.82, 2.24) is 0 Å². The number of hydrogen-bond acceptors (Lipinski definition) is 11. The first kappa shape index (κ1) is 36.1. The quantitative estimate of drug-likeness (QED) is 0.0847. The van der Waals surface area contributed by atoms with Crippen molar-refractivity contribution in [2.24, 2.45) is 0 Å². The van der Waals surface area contributed by atoms with Gasteiger partial charge >= 0.3 is 23.9 Å². The molecule has 7 rings (SSSR count). The van der Waals surface area contributed by atoms with E-state index in [-0.39, 0.29) is 25.7 Å². The number of thiophene rings is 7. The molecule has 0 aromatic carbocycles. The van der Waals surface area contributed by atoms with E-state index in [1.807, 2.05) is 53.9 Å². The van der Waals surface area contributed by atoms with Crippen LogP contribution in [0.5, 0.6) is 0 Å². The zero-order valence-corrected chi connectivity index (χ0v) is 32.1. The van der Waals surface area contributed by atoms with Crippen molar-refractivity contribution in [3.05, 3.63) is 93.4 Å². The second-order valence-corrected chi connectivity index (χ2v) is 18.7. The fraction of sp³-hybridized carbons (Fsp3) is 0.111. The Morgan fingerprint density at radius 1 is 0.423 bits per heavy atom. The van der Waals surface area contributed by atoms with E-state index in [9.17, 15) is 44.0 Å².